The summed E-state index contributed by atoms with van der Waals surface area (Å²) in [5.41, 5.74) is 0.740. The highest BCUT2D eigenvalue weighted by molar-refractivity contribution is 7.90. The minimum atomic E-state index is -3.26. The van der Waals surface area contributed by atoms with Crippen LogP contribution in [-0.2, 0) is 20.4 Å². The number of benzene rings is 1. The largest absolute Gasteiger partial charge is 0.402 e. The Labute approximate surface area is 155 Å². The summed E-state index contributed by atoms with van der Waals surface area (Å²) in [4.78, 5) is 12.7. The van der Waals surface area contributed by atoms with E-state index in [9.17, 15) is 13.2 Å². The quantitative estimate of drug-likeness (QED) is 0.633. The second kappa shape index (κ2) is 8.24. The average Bonchev–Trinajstić information content (AvgIpc) is 3.26. The van der Waals surface area contributed by atoms with E-state index in [0.717, 1.165) is 10.4 Å². The molecule has 26 heavy (non-hydrogen) atoms. The molecular weight excluding hydrogens is 374 g/mol. The Morgan fingerprint density at radius 3 is 2.65 bits per heavy atom. The zero-order chi connectivity index (χ0) is 18.4. The summed E-state index contributed by atoms with van der Waals surface area (Å²) < 4.78 is 29.6. The molecule has 0 atom stereocenters. The molecule has 0 aliphatic rings. The van der Waals surface area contributed by atoms with E-state index < -0.39 is 9.84 Å². The summed E-state index contributed by atoms with van der Waals surface area (Å²) in [5.74, 6) is -0.106. The van der Waals surface area contributed by atoms with Crippen LogP contribution in [0.25, 0.3) is 10.8 Å². The molecule has 0 saturated heterocycles. The van der Waals surface area contributed by atoms with Gasteiger partial charge in [-0.3, -0.25) is 10.1 Å². The Kier molecular flexibility index (Phi) is 5.79. The number of anilines is 1. The molecule has 1 N–H and O–H groups in total. The lowest BCUT2D eigenvalue weighted by atomic mass is 10.2. The Morgan fingerprint density at radius 1 is 1.12 bits per heavy atom. The van der Waals surface area contributed by atoms with Crippen LogP contribution in [0.4, 0.5) is 6.01 Å². The van der Waals surface area contributed by atoms with Crippen molar-refractivity contribution in [1.29, 1.82) is 0 Å². The highest BCUT2D eigenvalue weighted by Gasteiger charge is 2.15. The maximum atomic E-state index is 12.1. The summed E-state index contributed by atoms with van der Waals surface area (Å²) in [6, 6.07) is 12.7. The van der Waals surface area contributed by atoms with Gasteiger partial charge in [0.25, 0.3) is 5.89 Å². The van der Waals surface area contributed by atoms with Crippen LogP contribution in [0.3, 0.4) is 0 Å². The lowest BCUT2D eigenvalue weighted by molar-refractivity contribution is -0.116. The van der Waals surface area contributed by atoms with Gasteiger partial charge in [0.1, 0.15) is 0 Å². The van der Waals surface area contributed by atoms with Crippen LogP contribution in [0, 0.1) is 0 Å². The lowest BCUT2D eigenvalue weighted by Gasteiger charge is -2.04. The van der Waals surface area contributed by atoms with Crippen LogP contribution in [0.2, 0.25) is 0 Å². The van der Waals surface area contributed by atoms with Crippen molar-refractivity contribution in [2.45, 2.75) is 18.6 Å². The summed E-state index contributed by atoms with van der Waals surface area (Å²) >= 11 is 1.45. The molecule has 1 amide bonds. The molecule has 0 aliphatic carbocycles. The van der Waals surface area contributed by atoms with E-state index >= 15 is 0 Å². The number of hydrogen-bond acceptors (Lipinski definition) is 7. The smallest absolute Gasteiger partial charge is 0.322 e. The number of nitrogens with zero attached hydrogens (tertiary/aromatic N) is 2. The number of rotatable bonds is 8. The highest BCUT2D eigenvalue weighted by atomic mass is 32.2. The number of carbonyl (C=O) groups is 1. The van der Waals surface area contributed by atoms with Gasteiger partial charge in [-0.2, -0.15) is 0 Å². The van der Waals surface area contributed by atoms with E-state index in [4.69, 9.17) is 4.42 Å². The predicted molar refractivity (Wildman–Crippen MR) is 99.4 cm³/mol. The third kappa shape index (κ3) is 5.24. The van der Waals surface area contributed by atoms with Crippen molar-refractivity contribution in [3.8, 4) is 10.8 Å². The molecule has 9 heteroatoms. The molecule has 7 nitrogen and oxygen atoms in total. The molecular formula is C17H17N3O4S2. The fraction of sp³-hybridized carbons (Fsp3) is 0.235. The molecule has 3 rings (SSSR count). The van der Waals surface area contributed by atoms with E-state index in [2.05, 4.69) is 15.5 Å². The normalized spacial score (nSPS) is 11.4. The van der Waals surface area contributed by atoms with Crippen LogP contribution in [-0.4, -0.2) is 30.3 Å². The predicted octanol–water partition coefficient (Wildman–Crippen LogP) is 3.13. The van der Waals surface area contributed by atoms with Gasteiger partial charge < -0.3 is 4.42 Å². The number of carbonyl (C=O) groups excluding carboxylic acids is 1. The van der Waals surface area contributed by atoms with Crippen molar-refractivity contribution in [3.05, 3.63) is 53.4 Å². The van der Waals surface area contributed by atoms with Crippen molar-refractivity contribution in [2.24, 2.45) is 0 Å². The van der Waals surface area contributed by atoms with Gasteiger partial charge in [0, 0.05) is 6.42 Å². The van der Waals surface area contributed by atoms with E-state index in [0.29, 0.717) is 5.89 Å². The Balaban J connectivity index is 1.45. The molecule has 2 aromatic heterocycles. The molecule has 0 fully saturated rings. The molecule has 3 aromatic rings. The molecule has 2 heterocycles. The molecule has 0 unspecified atom stereocenters. The molecule has 0 aliphatic heterocycles. The molecule has 0 bridgehead atoms. The second-order valence-electron chi connectivity index (χ2n) is 5.62. The number of sulfone groups is 1. The van der Waals surface area contributed by atoms with Crippen molar-refractivity contribution < 1.29 is 17.6 Å². The summed E-state index contributed by atoms with van der Waals surface area (Å²) in [6.45, 7) is 0. The van der Waals surface area contributed by atoms with Gasteiger partial charge in [-0.1, -0.05) is 41.5 Å². The summed E-state index contributed by atoms with van der Waals surface area (Å²) in [5, 5.41) is 12.0. The first-order chi connectivity index (χ1) is 12.5. The lowest BCUT2D eigenvalue weighted by Crippen LogP contribution is -2.15. The van der Waals surface area contributed by atoms with Gasteiger partial charge in [0.05, 0.1) is 16.4 Å². The standard InChI is InChI=1S/C17H17N3O4S2/c21-15(18-17-20-19-16(24-17)14-8-4-10-25-14)9-5-11-26(22,23)12-13-6-2-1-3-7-13/h1-4,6-8,10H,5,9,11-12H2,(H,18,20,21). The second-order valence-corrected chi connectivity index (χ2v) is 8.75. The molecule has 0 saturated carbocycles. The van der Waals surface area contributed by atoms with E-state index in [1.54, 1.807) is 24.3 Å². The maximum absolute atomic E-state index is 12.1. The number of thiophene rings is 1. The van der Waals surface area contributed by atoms with E-state index in [1.807, 2.05) is 23.6 Å². The number of nitrogens with one attached hydrogen (secondary N) is 1. The van der Waals surface area contributed by atoms with Crippen molar-refractivity contribution in [3.63, 3.8) is 0 Å². The summed E-state index contributed by atoms with van der Waals surface area (Å²) in [7, 11) is -3.26. The first-order valence-electron chi connectivity index (χ1n) is 7.93. The zero-order valence-corrected chi connectivity index (χ0v) is 15.4. The summed E-state index contributed by atoms with van der Waals surface area (Å²) in [6.07, 6.45) is 0.289. The first kappa shape index (κ1) is 18.3. The van der Waals surface area contributed by atoms with Gasteiger partial charge in [0.15, 0.2) is 9.84 Å². The number of aromatic nitrogens is 2. The fourth-order valence-corrected chi connectivity index (χ4v) is 4.38. The topological polar surface area (TPSA) is 102 Å². The van der Waals surface area contributed by atoms with Crippen LogP contribution in [0.1, 0.15) is 18.4 Å². The SMILES string of the molecule is O=C(CCCS(=O)(=O)Cc1ccccc1)Nc1nnc(-c2cccs2)o1. The molecule has 0 spiro atoms. The van der Waals surface area contributed by atoms with Crippen LogP contribution >= 0.6 is 11.3 Å². The van der Waals surface area contributed by atoms with Crippen LogP contribution < -0.4 is 5.32 Å². The van der Waals surface area contributed by atoms with Gasteiger partial charge in [-0.05, 0) is 23.4 Å². The van der Waals surface area contributed by atoms with Gasteiger partial charge in [-0.15, -0.1) is 16.4 Å². The monoisotopic (exact) mass is 391 g/mol. The zero-order valence-electron chi connectivity index (χ0n) is 13.8. The maximum Gasteiger partial charge on any atom is 0.322 e. The van der Waals surface area contributed by atoms with Crippen molar-refractivity contribution >= 4 is 33.1 Å². The van der Waals surface area contributed by atoms with Crippen molar-refractivity contribution in [1.82, 2.24) is 10.2 Å². The van der Waals surface area contributed by atoms with Gasteiger partial charge in [0.2, 0.25) is 5.91 Å². The van der Waals surface area contributed by atoms with E-state index in [1.165, 1.54) is 11.3 Å². The van der Waals surface area contributed by atoms with Gasteiger partial charge >= 0.3 is 6.01 Å². The average molecular weight is 391 g/mol. The van der Waals surface area contributed by atoms with Crippen LogP contribution in [0.5, 0.6) is 0 Å². The minimum absolute atomic E-state index is 0.00513. The Bertz CT molecular complexity index is 951. The molecule has 136 valence electrons. The molecule has 1 aromatic carbocycles. The third-order valence-corrected chi connectivity index (χ3v) is 6.03. The van der Waals surface area contributed by atoms with Crippen molar-refractivity contribution in [2.75, 3.05) is 11.1 Å². The minimum Gasteiger partial charge on any atom is -0.402 e. The highest BCUT2D eigenvalue weighted by Crippen LogP contribution is 2.24. The first-order valence-corrected chi connectivity index (χ1v) is 10.6. The number of hydrogen-bond donors (Lipinski definition) is 1. The molecule has 0 radical (unpaired) electrons. The van der Waals surface area contributed by atoms with Gasteiger partial charge in [-0.25, -0.2) is 8.42 Å². The third-order valence-electron chi connectivity index (χ3n) is 3.49. The fourth-order valence-electron chi connectivity index (χ4n) is 2.31. The van der Waals surface area contributed by atoms with E-state index in [-0.39, 0.29) is 36.3 Å². The van der Waals surface area contributed by atoms with Crippen LogP contribution in [0.15, 0.2) is 52.3 Å². The number of amides is 1. The Hall–Kier alpha value is -2.52. The Morgan fingerprint density at radius 2 is 1.92 bits per heavy atom.